The lowest BCUT2D eigenvalue weighted by atomic mass is 10.2. The minimum absolute atomic E-state index is 0.549. The van der Waals surface area contributed by atoms with Crippen LogP contribution in [0.1, 0.15) is 5.56 Å². The smallest absolute Gasteiger partial charge is 0.229 e. The second-order valence-electron chi connectivity index (χ2n) is 4.44. The fourth-order valence-corrected chi connectivity index (χ4v) is 2.53. The number of anilines is 2. The van der Waals surface area contributed by atoms with Crippen molar-refractivity contribution in [3.8, 4) is 0 Å². The summed E-state index contributed by atoms with van der Waals surface area (Å²) in [6, 6.07) is 15.2. The second-order valence-corrected chi connectivity index (χ2v) is 7.10. The van der Waals surface area contributed by atoms with E-state index in [-0.39, 0.29) is 0 Å². The largest absolute Gasteiger partial charge is 0.381 e. The molecule has 106 valence electrons. The van der Waals surface area contributed by atoms with Crippen LogP contribution in [0.5, 0.6) is 0 Å². The van der Waals surface area contributed by atoms with E-state index in [0.717, 1.165) is 22.0 Å². The van der Waals surface area contributed by atoms with Gasteiger partial charge in [0, 0.05) is 16.7 Å². The molecule has 2 rings (SSSR count). The topological polar surface area (TPSA) is 58.2 Å². The molecule has 0 saturated heterocycles. The van der Waals surface area contributed by atoms with E-state index in [2.05, 4.69) is 26.0 Å². The summed E-state index contributed by atoms with van der Waals surface area (Å²) in [6.07, 6.45) is 1.13. The van der Waals surface area contributed by atoms with Crippen LogP contribution < -0.4 is 10.0 Å². The van der Waals surface area contributed by atoms with Gasteiger partial charge in [0.1, 0.15) is 0 Å². The summed E-state index contributed by atoms with van der Waals surface area (Å²) in [5.74, 6) is 0. The third-order valence-electron chi connectivity index (χ3n) is 2.58. The molecular weight excluding hydrogens is 340 g/mol. The quantitative estimate of drug-likeness (QED) is 0.864. The van der Waals surface area contributed by atoms with Crippen LogP contribution in [-0.2, 0) is 16.6 Å². The number of benzene rings is 2. The molecule has 0 unspecified atom stereocenters. The third kappa shape index (κ3) is 4.86. The van der Waals surface area contributed by atoms with Crippen molar-refractivity contribution in [1.82, 2.24) is 0 Å². The Kier molecular flexibility index (Phi) is 4.67. The first-order valence-corrected chi connectivity index (χ1v) is 8.67. The van der Waals surface area contributed by atoms with Crippen LogP contribution in [0.25, 0.3) is 0 Å². The summed E-state index contributed by atoms with van der Waals surface area (Å²) in [7, 11) is -3.25. The highest BCUT2D eigenvalue weighted by Gasteiger charge is 2.02. The number of halogens is 1. The van der Waals surface area contributed by atoms with Gasteiger partial charge in [0.2, 0.25) is 10.0 Å². The van der Waals surface area contributed by atoms with Gasteiger partial charge in [-0.1, -0.05) is 34.1 Å². The molecule has 0 aliphatic heterocycles. The predicted molar refractivity (Wildman–Crippen MR) is 86.4 cm³/mol. The lowest BCUT2D eigenvalue weighted by molar-refractivity contribution is 0.607. The Morgan fingerprint density at radius 2 is 1.70 bits per heavy atom. The van der Waals surface area contributed by atoms with E-state index in [1.165, 1.54) is 0 Å². The zero-order valence-electron chi connectivity index (χ0n) is 10.9. The summed E-state index contributed by atoms with van der Waals surface area (Å²) in [4.78, 5) is 0. The van der Waals surface area contributed by atoms with Gasteiger partial charge in [-0.05, 0) is 35.9 Å². The van der Waals surface area contributed by atoms with Gasteiger partial charge in [-0.15, -0.1) is 0 Å². The Hall–Kier alpha value is -1.53. The first kappa shape index (κ1) is 14.9. The number of hydrogen-bond acceptors (Lipinski definition) is 3. The lowest BCUT2D eigenvalue weighted by Crippen LogP contribution is -2.09. The molecule has 0 amide bonds. The standard InChI is InChI=1S/C14H15BrN2O2S/c1-20(18,19)17-14-4-2-3-13(9-14)16-10-11-5-7-12(15)8-6-11/h2-9,16-17H,10H2,1H3. The van der Waals surface area contributed by atoms with Crippen molar-refractivity contribution in [2.24, 2.45) is 0 Å². The van der Waals surface area contributed by atoms with Gasteiger partial charge >= 0.3 is 0 Å². The van der Waals surface area contributed by atoms with Crippen molar-refractivity contribution >= 4 is 37.3 Å². The lowest BCUT2D eigenvalue weighted by Gasteiger charge is -2.09. The van der Waals surface area contributed by atoms with Crippen molar-refractivity contribution < 1.29 is 8.42 Å². The zero-order chi connectivity index (χ0) is 14.6. The predicted octanol–water partition coefficient (Wildman–Crippen LogP) is 3.43. The van der Waals surface area contributed by atoms with E-state index in [4.69, 9.17) is 0 Å². The molecule has 0 fully saturated rings. The van der Waals surface area contributed by atoms with Crippen molar-refractivity contribution in [2.75, 3.05) is 16.3 Å². The second kappa shape index (κ2) is 6.28. The molecule has 0 atom stereocenters. The summed E-state index contributed by atoms with van der Waals surface area (Å²) >= 11 is 3.39. The van der Waals surface area contributed by atoms with E-state index in [9.17, 15) is 8.42 Å². The molecule has 0 aliphatic carbocycles. The molecule has 0 radical (unpaired) electrons. The summed E-state index contributed by atoms with van der Waals surface area (Å²) in [5, 5.41) is 3.26. The average molecular weight is 355 g/mol. The molecule has 6 heteroatoms. The Labute approximate surface area is 127 Å². The van der Waals surface area contributed by atoms with Crippen molar-refractivity contribution in [2.45, 2.75) is 6.54 Å². The van der Waals surface area contributed by atoms with Crippen LogP contribution in [0.15, 0.2) is 53.0 Å². The third-order valence-corrected chi connectivity index (χ3v) is 3.71. The number of sulfonamides is 1. The molecular formula is C14H15BrN2O2S. The maximum Gasteiger partial charge on any atom is 0.229 e. The van der Waals surface area contributed by atoms with Gasteiger partial charge < -0.3 is 5.32 Å². The molecule has 2 aromatic rings. The van der Waals surface area contributed by atoms with Crippen LogP contribution >= 0.6 is 15.9 Å². The van der Waals surface area contributed by atoms with Gasteiger partial charge in [0.25, 0.3) is 0 Å². The first-order chi connectivity index (χ1) is 9.42. The number of hydrogen-bond donors (Lipinski definition) is 2. The summed E-state index contributed by atoms with van der Waals surface area (Å²) in [5.41, 5.74) is 2.56. The molecule has 0 heterocycles. The average Bonchev–Trinajstić information content (AvgIpc) is 2.36. The molecule has 20 heavy (non-hydrogen) atoms. The highest BCUT2D eigenvalue weighted by Crippen LogP contribution is 2.17. The van der Waals surface area contributed by atoms with Crippen LogP contribution in [0.4, 0.5) is 11.4 Å². The highest BCUT2D eigenvalue weighted by atomic mass is 79.9. The van der Waals surface area contributed by atoms with Crippen molar-refractivity contribution in [3.05, 3.63) is 58.6 Å². The Balaban J connectivity index is 2.03. The molecule has 0 saturated carbocycles. The molecule has 0 aromatic heterocycles. The fourth-order valence-electron chi connectivity index (χ4n) is 1.71. The van der Waals surface area contributed by atoms with Crippen molar-refractivity contribution in [3.63, 3.8) is 0 Å². The van der Waals surface area contributed by atoms with Gasteiger partial charge in [-0.3, -0.25) is 4.72 Å². The van der Waals surface area contributed by atoms with E-state index >= 15 is 0 Å². The minimum atomic E-state index is -3.25. The van der Waals surface area contributed by atoms with Gasteiger partial charge in [0.15, 0.2) is 0 Å². The highest BCUT2D eigenvalue weighted by molar-refractivity contribution is 9.10. The maximum absolute atomic E-state index is 11.2. The van der Waals surface area contributed by atoms with Crippen molar-refractivity contribution in [1.29, 1.82) is 0 Å². The molecule has 0 bridgehead atoms. The minimum Gasteiger partial charge on any atom is -0.381 e. The Morgan fingerprint density at radius 3 is 2.35 bits per heavy atom. The summed E-state index contributed by atoms with van der Waals surface area (Å²) in [6.45, 7) is 0.676. The van der Waals surface area contributed by atoms with Gasteiger partial charge in [0.05, 0.1) is 11.9 Å². The van der Waals surface area contributed by atoms with Crippen LogP contribution in [0.2, 0.25) is 0 Å². The molecule has 2 N–H and O–H groups in total. The van der Waals surface area contributed by atoms with E-state index in [0.29, 0.717) is 12.2 Å². The SMILES string of the molecule is CS(=O)(=O)Nc1cccc(NCc2ccc(Br)cc2)c1. The van der Waals surface area contributed by atoms with Crippen LogP contribution in [0, 0.1) is 0 Å². The van der Waals surface area contributed by atoms with Crippen LogP contribution in [-0.4, -0.2) is 14.7 Å². The van der Waals surface area contributed by atoms with E-state index in [1.807, 2.05) is 30.3 Å². The molecule has 4 nitrogen and oxygen atoms in total. The van der Waals surface area contributed by atoms with E-state index in [1.54, 1.807) is 18.2 Å². The first-order valence-electron chi connectivity index (χ1n) is 5.98. The fraction of sp³-hybridized carbons (Fsp3) is 0.143. The van der Waals surface area contributed by atoms with Crippen LogP contribution in [0.3, 0.4) is 0 Å². The summed E-state index contributed by atoms with van der Waals surface area (Å²) < 4.78 is 25.9. The molecule has 0 spiro atoms. The van der Waals surface area contributed by atoms with E-state index < -0.39 is 10.0 Å². The van der Waals surface area contributed by atoms with Gasteiger partial charge in [-0.25, -0.2) is 8.42 Å². The zero-order valence-corrected chi connectivity index (χ0v) is 13.3. The number of nitrogens with one attached hydrogen (secondary N) is 2. The normalized spacial score (nSPS) is 11.1. The Morgan fingerprint density at radius 1 is 1.05 bits per heavy atom. The van der Waals surface area contributed by atoms with Gasteiger partial charge in [-0.2, -0.15) is 0 Å². The molecule has 2 aromatic carbocycles. The number of rotatable bonds is 5. The molecule has 0 aliphatic rings. The monoisotopic (exact) mass is 354 g/mol. The maximum atomic E-state index is 11.2. The Bertz CT molecular complexity index is 685.